The molecule has 0 saturated heterocycles. The molecule has 0 aliphatic heterocycles. The van der Waals surface area contributed by atoms with Crippen molar-refractivity contribution in [1.82, 2.24) is 9.36 Å². The Kier molecular flexibility index (Phi) is 4.52. The highest BCUT2D eigenvalue weighted by atomic mass is 32.1. The maximum atomic E-state index is 5.58. The van der Waals surface area contributed by atoms with Crippen LogP contribution in [0.5, 0.6) is 5.75 Å². The summed E-state index contributed by atoms with van der Waals surface area (Å²) in [5.41, 5.74) is 0. The molecule has 1 aromatic heterocycles. The lowest BCUT2D eigenvalue weighted by molar-refractivity contribution is 0.297. The van der Waals surface area contributed by atoms with E-state index in [1.165, 1.54) is 11.5 Å². The lowest BCUT2D eigenvalue weighted by Crippen LogP contribution is -2.07. The van der Waals surface area contributed by atoms with Gasteiger partial charge < -0.3 is 10.1 Å². The number of hydrogen-bond donors (Lipinski definition) is 1. The summed E-state index contributed by atoms with van der Waals surface area (Å²) < 4.78 is 9.84. The van der Waals surface area contributed by atoms with E-state index in [1.54, 1.807) is 0 Å². The van der Waals surface area contributed by atoms with Crippen molar-refractivity contribution in [1.29, 1.82) is 0 Å². The largest absolute Gasteiger partial charge is 0.486 e. The van der Waals surface area contributed by atoms with Crippen molar-refractivity contribution < 1.29 is 4.74 Å². The van der Waals surface area contributed by atoms with Gasteiger partial charge in [0, 0.05) is 18.1 Å². The van der Waals surface area contributed by atoms with Crippen LogP contribution in [0.15, 0.2) is 30.3 Å². The summed E-state index contributed by atoms with van der Waals surface area (Å²) in [6.07, 6.45) is 0. The first-order chi connectivity index (χ1) is 8.74. The molecule has 0 aliphatic rings. The van der Waals surface area contributed by atoms with Crippen molar-refractivity contribution in [3.8, 4) is 5.75 Å². The summed E-state index contributed by atoms with van der Waals surface area (Å²) in [6, 6.07) is 9.69. The minimum atomic E-state index is 0.407. The number of para-hydroxylation sites is 1. The van der Waals surface area contributed by atoms with Crippen molar-refractivity contribution in [2.45, 2.75) is 20.5 Å². The first-order valence-corrected chi connectivity index (χ1v) is 6.75. The zero-order valence-electron chi connectivity index (χ0n) is 10.6. The van der Waals surface area contributed by atoms with Gasteiger partial charge in [-0.25, -0.2) is 0 Å². The van der Waals surface area contributed by atoms with Crippen LogP contribution in [0.4, 0.5) is 5.13 Å². The maximum Gasteiger partial charge on any atom is 0.202 e. The van der Waals surface area contributed by atoms with Gasteiger partial charge in [-0.2, -0.15) is 9.36 Å². The molecule has 0 saturated carbocycles. The van der Waals surface area contributed by atoms with E-state index in [4.69, 9.17) is 4.74 Å². The maximum absolute atomic E-state index is 5.58. The molecule has 2 rings (SSSR count). The number of aromatic nitrogens is 2. The number of ether oxygens (including phenoxy) is 1. The summed E-state index contributed by atoms with van der Waals surface area (Å²) in [4.78, 5) is 4.37. The summed E-state index contributed by atoms with van der Waals surface area (Å²) >= 11 is 1.37. The fourth-order valence-electron chi connectivity index (χ4n) is 1.34. The average Bonchev–Trinajstić information content (AvgIpc) is 2.83. The van der Waals surface area contributed by atoms with Crippen LogP contribution in [0.25, 0.3) is 0 Å². The monoisotopic (exact) mass is 263 g/mol. The third kappa shape index (κ3) is 4.00. The van der Waals surface area contributed by atoms with Crippen LogP contribution >= 0.6 is 11.5 Å². The number of hydrogen-bond acceptors (Lipinski definition) is 5. The molecule has 0 fully saturated rings. The van der Waals surface area contributed by atoms with Crippen LogP contribution < -0.4 is 10.1 Å². The summed E-state index contributed by atoms with van der Waals surface area (Å²) in [7, 11) is 0. The zero-order valence-corrected chi connectivity index (χ0v) is 11.4. The van der Waals surface area contributed by atoms with Crippen molar-refractivity contribution in [3.63, 3.8) is 0 Å². The van der Waals surface area contributed by atoms with Crippen LogP contribution in [-0.2, 0) is 6.61 Å². The lowest BCUT2D eigenvalue weighted by atomic mass is 10.2. The molecule has 0 spiro atoms. The van der Waals surface area contributed by atoms with E-state index in [9.17, 15) is 0 Å². The minimum Gasteiger partial charge on any atom is -0.486 e. The molecule has 2 aromatic rings. The molecule has 1 aromatic carbocycles. The van der Waals surface area contributed by atoms with E-state index in [2.05, 4.69) is 28.5 Å². The fraction of sp³-hybridized carbons (Fsp3) is 0.385. The van der Waals surface area contributed by atoms with Gasteiger partial charge in [0.25, 0.3) is 0 Å². The molecule has 1 heterocycles. The molecule has 96 valence electrons. The summed E-state index contributed by atoms with van der Waals surface area (Å²) in [6.45, 7) is 5.64. The first kappa shape index (κ1) is 12.8. The number of nitrogens with zero attached hydrogens (tertiary/aromatic N) is 2. The smallest absolute Gasteiger partial charge is 0.202 e. The molecule has 18 heavy (non-hydrogen) atoms. The van der Waals surface area contributed by atoms with E-state index in [1.807, 2.05) is 30.3 Å². The predicted molar refractivity (Wildman–Crippen MR) is 74.0 cm³/mol. The Labute approximate surface area is 111 Å². The molecule has 4 nitrogen and oxygen atoms in total. The molecular weight excluding hydrogens is 246 g/mol. The molecule has 0 unspecified atom stereocenters. The van der Waals surface area contributed by atoms with E-state index in [-0.39, 0.29) is 0 Å². The number of rotatable bonds is 6. The first-order valence-electron chi connectivity index (χ1n) is 5.98. The number of anilines is 1. The van der Waals surface area contributed by atoms with Gasteiger partial charge in [-0.15, -0.1) is 0 Å². The average molecular weight is 263 g/mol. The van der Waals surface area contributed by atoms with Crippen LogP contribution in [0.2, 0.25) is 0 Å². The van der Waals surface area contributed by atoms with Gasteiger partial charge in [0.2, 0.25) is 5.13 Å². The topological polar surface area (TPSA) is 47.0 Å². The Bertz CT molecular complexity index is 470. The van der Waals surface area contributed by atoms with Crippen LogP contribution in [0.1, 0.15) is 19.7 Å². The molecule has 0 aliphatic carbocycles. The van der Waals surface area contributed by atoms with Gasteiger partial charge in [-0.05, 0) is 18.1 Å². The molecule has 0 atom stereocenters. The third-order valence-corrected chi connectivity index (χ3v) is 2.95. The SMILES string of the molecule is CC(C)CNc1nc(COc2ccccc2)ns1. The highest BCUT2D eigenvalue weighted by Crippen LogP contribution is 2.14. The second kappa shape index (κ2) is 6.35. The highest BCUT2D eigenvalue weighted by molar-refractivity contribution is 7.09. The van der Waals surface area contributed by atoms with E-state index in [0.717, 1.165) is 23.3 Å². The Hall–Kier alpha value is -1.62. The van der Waals surface area contributed by atoms with Crippen LogP contribution in [-0.4, -0.2) is 15.9 Å². The Morgan fingerprint density at radius 3 is 2.78 bits per heavy atom. The summed E-state index contributed by atoms with van der Waals surface area (Å²) in [5.74, 6) is 2.15. The van der Waals surface area contributed by atoms with Crippen LogP contribution in [0.3, 0.4) is 0 Å². The molecule has 0 radical (unpaired) electrons. The number of nitrogens with one attached hydrogen (secondary N) is 1. The molecule has 5 heteroatoms. The Morgan fingerprint density at radius 1 is 1.28 bits per heavy atom. The molecule has 1 N–H and O–H groups in total. The van der Waals surface area contributed by atoms with Crippen molar-refractivity contribution in [3.05, 3.63) is 36.2 Å². The predicted octanol–water partition coefficient (Wildman–Crippen LogP) is 3.19. The van der Waals surface area contributed by atoms with Crippen molar-refractivity contribution in [2.75, 3.05) is 11.9 Å². The number of benzene rings is 1. The van der Waals surface area contributed by atoms with Crippen molar-refractivity contribution in [2.24, 2.45) is 5.92 Å². The summed E-state index contributed by atoms with van der Waals surface area (Å²) in [5, 5.41) is 4.11. The van der Waals surface area contributed by atoms with Gasteiger partial charge in [-0.1, -0.05) is 32.0 Å². The normalized spacial score (nSPS) is 10.6. The van der Waals surface area contributed by atoms with Crippen molar-refractivity contribution >= 4 is 16.7 Å². The fourth-order valence-corrected chi connectivity index (χ4v) is 1.92. The van der Waals surface area contributed by atoms with Gasteiger partial charge in [0.05, 0.1) is 0 Å². The van der Waals surface area contributed by atoms with E-state index >= 15 is 0 Å². The third-order valence-electron chi connectivity index (χ3n) is 2.24. The van der Waals surface area contributed by atoms with Gasteiger partial charge in [0.15, 0.2) is 5.82 Å². The van der Waals surface area contributed by atoms with E-state index in [0.29, 0.717) is 12.5 Å². The Balaban J connectivity index is 1.83. The molecule has 0 amide bonds. The quantitative estimate of drug-likeness (QED) is 0.869. The van der Waals surface area contributed by atoms with Crippen LogP contribution in [0, 0.1) is 5.92 Å². The molecular formula is C13H17N3OS. The lowest BCUT2D eigenvalue weighted by Gasteiger charge is -2.04. The van der Waals surface area contributed by atoms with Gasteiger partial charge >= 0.3 is 0 Å². The second-order valence-electron chi connectivity index (χ2n) is 4.39. The standard InChI is InChI=1S/C13H17N3OS/c1-10(2)8-14-13-15-12(16-18-13)9-17-11-6-4-3-5-7-11/h3-7,10H,8-9H2,1-2H3,(H,14,15,16). The highest BCUT2D eigenvalue weighted by Gasteiger charge is 2.05. The van der Waals surface area contributed by atoms with Gasteiger partial charge in [-0.3, -0.25) is 0 Å². The van der Waals surface area contributed by atoms with Gasteiger partial charge in [0.1, 0.15) is 12.4 Å². The molecule has 0 bridgehead atoms. The van der Waals surface area contributed by atoms with E-state index < -0.39 is 0 Å². The second-order valence-corrected chi connectivity index (χ2v) is 5.14. The Morgan fingerprint density at radius 2 is 2.06 bits per heavy atom. The zero-order chi connectivity index (χ0) is 12.8. The minimum absolute atomic E-state index is 0.407.